The Morgan fingerprint density at radius 2 is 1.87 bits per heavy atom. The summed E-state index contributed by atoms with van der Waals surface area (Å²) < 4.78 is 0. The molecule has 0 bridgehead atoms. The SMILES string of the molecule is CC(NC(=O)C1CCCN1C(=O)C(N)CS)C(=O)NC(Cc1ccc(O)cc1)C(=O)O. The number of aromatic hydroxyl groups is 1. The van der Waals surface area contributed by atoms with Crippen LogP contribution in [0.15, 0.2) is 24.3 Å². The summed E-state index contributed by atoms with van der Waals surface area (Å²) in [5, 5.41) is 23.7. The molecule has 1 saturated heterocycles. The van der Waals surface area contributed by atoms with Crippen molar-refractivity contribution in [1.82, 2.24) is 15.5 Å². The van der Waals surface area contributed by atoms with Crippen LogP contribution in [0.2, 0.25) is 0 Å². The second-order valence-electron chi connectivity index (χ2n) is 7.48. The van der Waals surface area contributed by atoms with E-state index in [4.69, 9.17) is 5.73 Å². The summed E-state index contributed by atoms with van der Waals surface area (Å²) in [6, 6.07) is 2.20. The van der Waals surface area contributed by atoms with Crippen LogP contribution in [0, 0.1) is 0 Å². The minimum atomic E-state index is -1.23. The van der Waals surface area contributed by atoms with Crippen LogP contribution in [0.4, 0.5) is 0 Å². The number of nitrogens with two attached hydrogens (primary N) is 1. The smallest absolute Gasteiger partial charge is 0.326 e. The van der Waals surface area contributed by atoms with Crippen LogP contribution < -0.4 is 16.4 Å². The standard InChI is InChI=1S/C20H28N4O6S/c1-11(22-18(27)16-3-2-8-24(16)19(28)14(21)10-31)17(26)23-15(20(29)30)9-12-4-6-13(25)7-5-12/h4-7,11,14-16,25,31H,2-3,8-10,21H2,1H3,(H,22,27)(H,23,26)(H,29,30). The third-order valence-corrected chi connectivity index (χ3v) is 5.49. The lowest BCUT2D eigenvalue weighted by atomic mass is 10.1. The lowest BCUT2D eigenvalue weighted by molar-refractivity contribution is -0.142. The van der Waals surface area contributed by atoms with Crippen molar-refractivity contribution < 1.29 is 29.4 Å². The summed E-state index contributed by atoms with van der Waals surface area (Å²) in [4.78, 5) is 50.4. The molecule has 1 fully saturated rings. The zero-order valence-electron chi connectivity index (χ0n) is 17.2. The van der Waals surface area contributed by atoms with Gasteiger partial charge in [-0.05, 0) is 37.5 Å². The second kappa shape index (κ2) is 11.0. The molecule has 4 atom stereocenters. The molecule has 2 rings (SSSR count). The Morgan fingerprint density at radius 1 is 1.23 bits per heavy atom. The van der Waals surface area contributed by atoms with Crippen LogP contribution in [-0.4, -0.2) is 75.3 Å². The van der Waals surface area contributed by atoms with Crippen LogP contribution in [0.1, 0.15) is 25.3 Å². The van der Waals surface area contributed by atoms with Gasteiger partial charge in [0.2, 0.25) is 17.7 Å². The zero-order chi connectivity index (χ0) is 23.1. The maximum Gasteiger partial charge on any atom is 0.326 e. The van der Waals surface area contributed by atoms with Crippen molar-refractivity contribution in [3.8, 4) is 5.75 Å². The van der Waals surface area contributed by atoms with Gasteiger partial charge < -0.3 is 31.5 Å². The lowest BCUT2D eigenvalue weighted by Gasteiger charge is -2.27. The number of amides is 3. The van der Waals surface area contributed by atoms with Gasteiger partial charge in [0.05, 0.1) is 6.04 Å². The highest BCUT2D eigenvalue weighted by Crippen LogP contribution is 2.19. The van der Waals surface area contributed by atoms with E-state index in [-0.39, 0.29) is 23.8 Å². The zero-order valence-corrected chi connectivity index (χ0v) is 18.0. The van der Waals surface area contributed by atoms with E-state index in [9.17, 15) is 29.4 Å². The second-order valence-corrected chi connectivity index (χ2v) is 7.84. The molecule has 1 aromatic carbocycles. The predicted octanol–water partition coefficient (Wildman–Crippen LogP) is -0.743. The van der Waals surface area contributed by atoms with Crippen LogP contribution in [0.5, 0.6) is 5.75 Å². The summed E-state index contributed by atoms with van der Waals surface area (Å²) >= 11 is 4.01. The van der Waals surface area contributed by atoms with Crippen molar-refractivity contribution in [2.45, 2.75) is 50.4 Å². The third kappa shape index (κ3) is 6.59. The quantitative estimate of drug-likeness (QED) is 0.269. The van der Waals surface area contributed by atoms with Gasteiger partial charge in [0, 0.05) is 18.7 Å². The van der Waals surface area contributed by atoms with Gasteiger partial charge in [0.25, 0.3) is 0 Å². The van der Waals surface area contributed by atoms with Gasteiger partial charge in [-0.2, -0.15) is 12.6 Å². The molecule has 10 nitrogen and oxygen atoms in total. The van der Waals surface area contributed by atoms with Crippen LogP contribution >= 0.6 is 12.6 Å². The largest absolute Gasteiger partial charge is 0.508 e. The van der Waals surface area contributed by atoms with Crippen molar-refractivity contribution in [3.63, 3.8) is 0 Å². The molecule has 1 aliphatic rings. The number of aliphatic carboxylic acids is 1. The summed E-state index contributed by atoms with van der Waals surface area (Å²) in [5.41, 5.74) is 6.34. The Morgan fingerprint density at radius 3 is 2.45 bits per heavy atom. The first-order valence-electron chi connectivity index (χ1n) is 9.92. The van der Waals surface area contributed by atoms with E-state index in [1.54, 1.807) is 12.1 Å². The number of phenols is 1. The first kappa shape index (κ1) is 24.5. The number of rotatable bonds is 9. The number of phenolic OH excluding ortho intramolecular Hbond substituents is 1. The van der Waals surface area contributed by atoms with Crippen molar-refractivity contribution in [2.75, 3.05) is 12.3 Å². The van der Waals surface area contributed by atoms with Crippen molar-refractivity contribution >= 4 is 36.3 Å². The molecule has 3 amide bonds. The van der Waals surface area contributed by atoms with Gasteiger partial charge in [-0.1, -0.05) is 12.1 Å². The number of nitrogens with zero attached hydrogens (tertiary/aromatic N) is 1. The fourth-order valence-electron chi connectivity index (χ4n) is 3.33. The minimum absolute atomic E-state index is 0.00847. The van der Waals surface area contributed by atoms with Gasteiger partial charge >= 0.3 is 5.97 Å². The number of nitrogens with one attached hydrogen (secondary N) is 2. The van der Waals surface area contributed by atoms with Crippen molar-refractivity contribution in [3.05, 3.63) is 29.8 Å². The Labute approximate surface area is 185 Å². The predicted molar refractivity (Wildman–Crippen MR) is 116 cm³/mol. The number of thiol groups is 1. The van der Waals surface area contributed by atoms with E-state index in [2.05, 4.69) is 23.3 Å². The maximum atomic E-state index is 12.6. The molecule has 1 aliphatic heterocycles. The molecular weight excluding hydrogens is 424 g/mol. The molecule has 11 heteroatoms. The first-order valence-corrected chi connectivity index (χ1v) is 10.6. The highest BCUT2D eigenvalue weighted by Gasteiger charge is 2.37. The average molecular weight is 453 g/mol. The maximum absolute atomic E-state index is 12.6. The van der Waals surface area contributed by atoms with Gasteiger partial charge in [-0.25, -0.2) is 4.79 Å². The number of carboxylic acid groups (broad SMARTS) is 1. The Bertz CT molecular complexity index is 818. The van der Waals surface area contributed by atoms with E-state index in [0.717, 1.165) is 0 Å². The molecule has 31 heavy (non-hydrogen) atoms. The molecule has 0 saturated carbocycles. The third-order valence-electron chi connectivity index (χ3n) is 5.10. The number of carboxylic acids is 1. The molecule has 0 spiro atoms. The first-order chi connectivity index (χ1) is 14.6. The molecular formula is C20H28N4O6S. The van der Waals surface area contributed by atoms with Gasteiger partial charge in [0.15, 0.2) is 0 Å². The van der Waals surface area contributed by atoms with E-state index in [0.29, 0.717) is 24.9 Å². The summed E-state index contributed by atoms with van der Waals surface area (Å²) in [7, 11) is 0. The van der Waals surface area contributed by atoms with Crippen LogP contribution in [-0.2, 0) is 25.6 Å². The van der Waals surface area contributed by atoms with Crippen LogP contribution in [0.25, 0.3) is 0 Å². The van der Waals surface area contributed by atoms with E-state index in [1.165, 1.54) is 24.0 Å². The molecule has 4 unspecified atom stereocenters. The monoisotopic (exact) mass is 452 g/mol. The fourth-order valence-corrected chi connectivity index (χ4v) is 3.49. The number of hydrogen-bond acceptors (Lipinski definition) is 7. The molecule has 1 aromatic rings. The molecule has 0 radical (unpaired) electrons. The Kier molecular flexibility index (Phi) is 8.69. The van der Waals surface area contributed by atoms with Gasteiger partial charge in [-0.15, -0.1) is 0 Å². The number of likely N-dealkylation sites (tertiary alicyclic amines) is 1. The molecule has 0 aromatic heterocycles. The summed E-state index contributed by atoms with van der Waals surface area (Å²) in [6.07, 6.45) is 1.09. The fraction of sp³-hybridized carbons (Fsp3) is 0.500. The van der Waals surface area contributed by atoms with Crippen LogP contribution in [0.3, 0.4) is 0 Å². The lowest BCUT2D eigenvalue weighted by Crippen LogP contribution is -2.56. The van der Waals surface area contributed by atoms with E-state index < -0.39 is 42.0 Å². The van der Waals surface area contributed by atoms with Crippen molar-refractivity contribution in [2.24, 2.45) is 5.73 Å². The number of carbonyl (C=O) groups excluding carboxylic acids is 3. The number of carbonyl (C=O) groups is 4. The topological polar surface area (TPSA) is 162 Å². The molecule has 6 N–H and O–H groups in total. The Balaban J connectivity index is 1.96. The minimum Gasteiger partial charge on any atom is -0.508 e. The van der Waals surface area contributed by atoms with Gasteiger partial charge in [0.1, 0.15) is 23.9 Å². The molecule has 1 heterocycles. The molecule has 0 aliphatic carbocycles. The average Bonchev–Trinajstić information content (AvgIpc) is 3.23. The number of benzene rings is 1. The van der Waals surface area contributed by atoms with E-state index in [1.807, 2.05) is 0 Å². The van der Waals surface area contributed by atoms with Gasteiger partial charge in [-0.3, -0.25) is 14.4 Å². The highest BCUT2D eigenvalue weighted by molar-refractivity contribution is 7.80. The highest BCUT2D eigenvalue weighted by atomic mass is 32.1. The summed E-state index contributed by atoms with van der Waals surface area (Å²) in [6.45, 7) is 1.83. The number of hydrogen-bond donors (Lipinski definition) is 6. The van der Waals surface area contributed by atoms with Crippen molar-refractivity contribution in [1.29, 1.82) is 0 Å². The Hall–Kier alpha value is -2.79. The molecule has 170 valence electrons. The summed E-state index contributed by atoms with van der Waals surface area (Å²) in [5.74, 6) is -2.56. The van der Waals surface area contributed by atoms with E-state index >= 15 is 0 Å². The normalized spacial score (nSPS) is 18.7.